The number of carboxylic acid groups (broad SMARTS) is 1. The fraction of sp³-hybridized carbons (Fsp3) is 0. The van der Waals surface area contributed by atoms with Crippen molar-refractivity contribution in [2.75, 3.05) is 0 Å². The van der Waals surface area contributed by atoms with E-state index in [1.54, 1.807) is 30.6 Å². The largest absolute Gasteiger partial charge is 0.478 e. The average molecular weight is 345 g/mol. The molecule has 1 aromatic carbocycles. The third-order valence-electron chi connectivity index (χ3n) is 2.84. The minimum Gasteiger partial charge on any atom is -0.478 e. The summed E-state index contributed by atoms with van der Waals surface area (Å²) in [5.41, 5.74) is 1.57. The molecule has 0 fully saturated rings. The monoisotopic (exact) mass is 344 g/mol. The number of carboxylic acids is 1. The molecule has 0 atom stereocenters. The number of hydrogen-bond donors (Lipinski definition) is 1. The van der Waals surface area contributed by atoms with E-state index in [2.05, 4.69) is 25.9 Å². The lowest BCUT2D eigenvalue weighted by molar-refractivity contribution is 0.0697. The number of ether oxygens (including phenoxy) is 1. The fourth-order valence-corrected chi connectivity index (χ4v) is 2.18. The number of aromatic nitrogens is 2. The summed E-state index contributed by atoms with van der Waals surface area (Å²) in [4.78, 5) is 19.3. The Morgan fingerprint density at radius 2 is 1.90 bits per heavy atom. The predicted octanol–water partition coefficient (Wildman–Crippen LogP) is 3.88. The molecule has 0 bridgehead atoms. The summed E-state index contributed by atoms with van der Waals surface area (Å²) < 4.78 is 6.59. The van der Waals surface area contributed by atoms with Crippen molar-refractivity contribution < 1.29 is 14.6 Å². The van der Waals surface area contributed by atoms with Gasteiger partial charge in [0.05, 0.1) is 11.1 Å². The maximum Gasteiger partial charge on any atom is 0.335 e. The van der Waals surface area contributed by atoms with Gasteiger partial charge in [-0.3, -0.25) is 4.98 Å². The van der Waals surface area contributed by atoms with Crippen LogP contribution in [0.15, 0.2) is 53.3 Å². The maximum absolute atomic E-state index is 10.8. The van der Waals surface area contributed by atoms with Crippen LogP contribution in [0.2, 0.25) is 0 Å². The summed E-state index contributed by atoms with van der Waals surface area (Å²) in [6.45, 7) is 0. The summed E-state index contributed by atoms with van der Waals surface area (Å²) in [6.07, 6.45) is 3.31. The van der Waals surface area contributed by atoms with Gasteiger partial charge in [0.1, 0.15) is 11.3 Å². The first kappa shape index (κ1) is 13.5. The third-order valence-corrected chi connectivity index (χ3v) is 3.27. The Hall–Kier alpha value is -2.47. The molecule has 0 saturated carbocycles. The van der Waals surface area contributed by atoms with Crippen LogP contribution in [0.1, 0.15) is 10.4 Å². The van der Waals surface area contributed by atoms with Crippen LogP contribution in [0.4, 0.5) is 0 Å². The number of fused-ring (bicyclic) bond motifs is 1. The summed E-state index contributed by atoms with van der Waals surface area (Å²) in [6, 6.07) is 9.76. The van der Waals surface area contributed by atoms with E-state index in [1.165, 1.54) is 12.1 Å². The second-order valence-corrected chi connectivity index (χ2v) is 5.18. The van der Waals surface area contributed by atoms with Gasteiger partial charge in [0, 0.05) is 22.9 Å². The third kappa shape index (κ3) is 2.85. The van der Waals surface area contributed by atoms with Gasteiger partial charge in [-0.1, -0.05) is 0 Å². The Morgan fingerprint density at radius 3 is 2.62 bits per heavy atom. The Labute approximate surface area is 128 Å². The minimum atomic E-state index is -0.970. The number of benzene rings is 1. The Bertz CT molecular complexity index is 819. The number of pyridine rings is 2. The van der Waals surface area contributed by atoms with Gasteiger partial charge in [0.2, 0.25) is 0 Å². The number of nitrogens with zero attached hydrogens (tertiary/aromatic N) is 2. The van der Waals surface area contributed by atoms with E-state index < -0.39 is 5.97 Å². The highest BCUT2D eigenvalue weighted by Crippen LogP contribution is 2.28. The number of halogens is 1. The Morgan fingerprint density at radius 1 is 1.14 bits per heavy atom. The van der Waals surface area contributed by atoms with Crippen LogP contribution in [0.3, 0.4) is 0 Å². The molecule has 0 aliphatic carbocycles. The summed E-state index contributed by atoms with van der Waals surface area (Å²) >= 11 is 3.35. The topological polar surface area (TPSA) is 72.3 Å². The first-order valence-electron chi connectivity index (χ1n) is 6.05. The molecule has 0 spiro atoms. The van der Waals surface area contributed by atoms with Crippen LogP contribution in [-0.2, 0) is 0 Å². The van der Waals surface area contributed by atoms with Gasteiger partial charge in [-0.25, -0.2) is 9.78 Å². The molecule has 2 aromatic heterocycles. The zero-order valence-electron chi connectivity index (χ0n) is 10.7. The Kier molecular flexibility index (Phi) is 3.53. The number of rotatable bonds is 3. The van der Waals surface area contributed by atoms with Crippen molar-refractivity contribution in [1.82, 2.24) is 9.97 Å². The fourth-order valence-electron chi connectivity index (χ4n) is 1.86. The SMILES string of the molecule is O=C(O)c1ccc(Oc2ccnc3cc(Br)cnc23)cc1. The molecule has 3 aromatic rings. The molecular formula is C15H9BrN2O3. The molecule has 0 unspecified atom stereocenters. The van der Waals surface area contributed by atoms with Gasteiger partial charge >= 0.3 is 5.97 Å². The van der Waals surface area contributed by atoms with E-state index in [9.17, 15) is 4.79 Å². The van der Waals surface area contributed by atoms with Crippen LogP contribution >= 0.6 is 15.9 Å². The van der Waals surface area contributed by atoms with Gasteiger partial charge < -0.3 is 9.84 Å². The first-order chi connectivity index (χ1) is 10.1. The van der Waals surface area contributed by atoms with Crippen LogP contribution in [0, 0.1) is 0 Å². The van der Waals surface area contributed by atoms with Gasteiger partial charge in [0.25, 0.3) is 0 Å². The van der Waals surface area contributed by atoms with Gasteiger partial charge in [0.15, 0.2) is 5.75 Å². The van der Waals surface area contributed by atoms with Crippen molar-refractivity contribution in [3.63, 3.8) is 0 Å². The van der Waals surface area contributed by atoms with E-state index >= 15 is 0 Å². The molecule has 0 aliphatic heterocycles. The standard InChI is InChI=1S/C15H9BrN2O3/c16-10-7-12-14(18-8-10)13(5-6-17-12)21-11-3-1-9(2-4-11)15(19)20/h1-8H,(H,19,20). The van der Waals surface area contributed by atoms with Crippen LogP contribution in [0.25, 0.3) is 11.0 Å². The molecule has 6 heteroatoms. The zero-order chi connectivity index (χ0) is 14.8. The maximum atomic E-state index is 10.8. The first-order valence-corrected chi connectivity index (χ1v) is 6.84. The normalized spacial score (nSPS) is 10.5. The van der Waals surface area contributed by atoms with Crippen molar-refractivity contribution in [2.45, 2.75) is 0 Å². The lowest BCUT2D eigenvalue weighted by Gasteiger charge is -2.08. The molecule has 0 radical (unpaired) electrons. The molecule has 21 heavy (non-hydrogen) atoms. The second kappa shape index (κ2) is 5.49. The van der Waals surface area contributed by atoms with E-state index in [0.717, 1.165) is 4.47 Å². The van der Waals surface area contributed by atoms with Crippen molar-refractivity contribution in [3.05, 3.63) is 58.8 Å². The highest BCUT2D eigenvalue weighted by atomic mass is 79.9. The molecular weight excluding hydrogens is 336 g/mol. The zero-order valence-corrected chi connectivity index (χ0v) is 12.2. The molecule has 5 nitrogen and oxygen atoms in total. The predicted molar refractivity (Wildman–Crippen MR) is 80.7 cm³/mol. The minimum absolute atomic E-state index is 0.212. The van der Waals surface area contributed by atoms with Crippen molar-refractivity contribution in [2.24, 2.45) is 0 Å². The van der Waals surface area contributed by atoms with E-state index in [1.807, 2.05) is 6.07 Å². The number of hydrogen-bond acceptors (Lipinski definition) is 4. The quantitative estimate of drug-likeness (QED) is 0.780. The summed E-state index contributed by atoms with van der Waals surface area (Å²) in [5.74, 6) is 0.134. The van der Waals surface area contributed by atoms with Crippen LogP contribution in [0.5, 0.6) is 11.5 Å². The highest BCUT2D eigenvalue weighted by molar-refractivity contribution is 9.10. The van der Waals surface area contributed by atoms with E-state index in [4.69, 9.17) is 9.84 Å². The molecule has 1 N–H and O–H groups in total. The molecule has 0 amide bonds. The van der Waals surface area contributed by atoms with Crippen molar-refractivity contribution >= 4 is 32.9 Å². The van der Waals surface area contributed by atoms with E-state index in [0.29, 0.717) is 22.5 Å². The number of aromatic carboxylic acids is 1. The summed E-state index contributed by atoms with van der Waals surface area (Å²) in [5, 5.41) is 8.87. The Balaban J connectivity index is 1.96. The summed E-state index contributed by atoms with van der Waals surface area (Å²) in [7, 11) is 0. The average Bonchev–Trinajstić information content (AvgIpc) is 2.47. The molecule has 2 heterocycles. The van der Waals surface area contributed by atoms with Crippen molar-refractivity contribution in [3.8, 4) is 11.5 Å². The lowest BCUT2D eigenvalue weighted by atomic mass is 10.2. The van der Waals surface area contributed by atoms with Crippen molar-refractivity contribution in [1.29, 1.82) is 0 Å². The van der Waals surface area contributed by atoms with Crippen LogP contribution in [-0.4, -0.2) is 21.0 Å². The second-order valence-electron chi connectivity index (χ2n) is 4.26. The van der Waals surface area contributed by atoms with Gasteiger partial charge in [-0.05, 0) is 46.3 Å². The smallest absolute Gasteiger partial charge is 0.335 e. The van der Waals surface area contributed by atoms with E-state index in [-0.39, 0.29) is 5.56 Å². The molecule has 0 saturated heterocycles. The van der Waals surface area contributed by atoms with Crippen LogP contribution < -0.4 is 4.74 Å². The lowest BCUT2D eigenvalue weighted by Crippen LogP contribution is -1.95. The van der Waals surface area contributed by atoms with Gasteiger partial charge in [-0.15, -0.1) is 0 Å². The molecule has 3 rings (SSSR count). The molecule has 0 aliphatic rings. The molecule has 104 valence electrons. The highest BCUT2D eigenvalue weighted by Gasteiger charge is 2.07. The van der Waals surface area contributed by atoms with Gasteiger partial charge in [-0.2, -0.15) is 0 Å². The number of carbonyl (C=O) groups is 1.